The maximum absolute atomic E-state index is 13.4. The first-order chi connectivity index (χ1) is 17.0. The molecule has 1 fully saturated rings. The number of anilines is 3. The standard InChI is InChI=1S/C28H32N4O3/c1-20(21-10-5-3-6-11-21)29-27(33)25-19-23(14-15-26(25)32-16-7-4-8-17-32)31-28(34)30-22-12-9-13-24(18-22)35-2/h3,5-6,9-15,18-20H,4,7-8,16-17H2,1-2H3,(H,29,33)(H2,30,31,34). The van der Waals surface area contributed by atoms with Gasteiger partial charge in [0.25, 0.3) is 5.91 Å². The summed E-state index contributed by atoms with van der Waals surface area (Å²) >= 11 is 0. The molecule has 0 spiro atoms. The highest BCUT2D eigenvalue weighted by atomic mass is 16.5. The summed E-state index contributed by atoms with van der Waals surface area (Å²) in [6.07, 6.45) is 3.40. The summed E-state index contributed by atoms with van der Waals surface area (Å²) in [4.78, 5) is 28.3. The zero-order chi connectivity index (χ0) is 24.6. The van der Waals surface area contributed by atoms with Gasteiger partial charge in [-0.3, -0.25) is 4.79 Å². The van der Waals surface area contributed by atoms with E-state index in [1.165, 1.54) is 6.42 Å². The van der Waals surface area contributed by atoms with Gasteiger partial charge in [-0.25, -0.2) is 4.79 Å². The van der Waals surface area contributed by atoms with Crippen LogP contribution in [0.2, 0.25) is 0 Å². The normalized spacial score (nSPS) is 14.1. The van der Waals surface area contributed by atoms with E-state index in [0.717, 1.165) is 37.2 Å². The fourth-order valence-corrected chi connectivity index (χ4v) is 4.30. The number of hydrogen-bond donors (Lipinski definition) is 3. The third kappa shape index (κ3) is 6.32. The zero-order valence-electron chi connectivity index (χ0n) is 20.2. The summed E-state index contributed by atoms with van der Waals surface area (Å²) in [5, 5.41) is 8.77. The maximum atomic E-state index is 13.4. The minimum Gasteiger partial charge on any atom is -0.497 e. The number of rotatable bonds is 7. The molecule has 7 heteroatoms. The van der Waals surface area contributed by atoms with Crippen molar-refractivity contribution in [1.82, 2.24) is 5.32 Å². The van der Waals surface area contributed by atoms with Gasteiger partial charge in [0.1, 0.15) is 5.75 Å². The molecule has 4 rings (SSSR count). The second-order valence-corrected chi connectivity index (χ2v) is 8.70. The average Bonchev–Trinajstić information content (AvgIpc) is 2.89. The number of carbonyl (C=O) groups excluding carboxylic acids is 2. The fourth-order valence-electron chi connectivity index (χ4n) is 4.30. The molecular weight excluding hydrogens is 440 g/mol. The second kappa shape index (κ2) is 11.4. The van der Waals surface area contributed by atoms with Crippen LogP contribution < -0.4 is 25.6 Å². The summed E-state index contributed by atoms with van der Waals surface area (Å²) in [6, 6.07) is 22.0. The number of methoxy groups -OCH3 is 1. The number of nitrogens with one attached hydrogen (secondary N) is 3. The minimum absolute atomic E-state index is 0.147. The van der Waals surface area contributed by atoms with E-state index in [1.54, 1.807) is 31.4 Å². The third-order valence-electron chi connectivity index (χ3n) is 6.17. The SMILES string of the molecule is COc1cccc(NC(=O)Nc2ccc(N3CCCCC3)c(C(=O)NC(C)c3ccccc3)c2)c1. The molecule has 0 radical (unpaired) electrons. The molecule has 1 aliphatic heterocycles. The van der Waals surface area contributed by atoms with Gasteiger partial charge in [-0.05, 0) is 62.1 Å². The second-order valence-electron chi connectivity index (χ2n) is 8.70. The van der Waals surface area contributed by atoms with Crippen molar-refractivity contribution in [3.63, 3.8) is 0 Å². The Bertz CT molecular complexity index is 1160. The van der Waals surface area contributed by atoms with Gasteiger partial charge in [0.05, 0.1) is 18.7 Å². The zero-order valence-corrected chi connectivity index (χ0v) is 20.2. The lowest BCUT2D eigenvalue weighted by molar-refractivity contribution is 0.0940. The molecule has 0 aromatic heterocycles. The number of urea groups is 1. The Kier molecular flexibility index (Phi) is 7.88. The molecule has 1 heterocycles. The fraction of sp³-hybridized carbons (Fsp3) is 0.286. The van der Waals surface area contributed by atoms with Crippen molar-refractivity contribution in [3.05, 3.63) is 83.9 Å². The van der Waals surface area contributed by atoms with Crippen molar-refractivity contribution in [3.8, 4) is 5.75 Å². The van der Waals surface area contributed by atoms with Crippen LogP contribution >= 0.6 is 0 Å². The van der Waals surface area contributed by atoms with E-state index in [-0.39, 0.29) is 11.9 Å². The Morgan fingerprint density at radius 3 is 2.29 bits per heavy atom. The van der Waals surface area contributed by atoms with Crippen LogP contribution in [0.5, 0.6) is 5.75 Å². The summed E-state index contributed by atoms with van der Waals surface area (Å²) in [6.45, 7) is 3.80. The monoisotopic (exact) mass is 472 g/mol. The molecule has 3 aromatic rings. The van der Waals surface area contributed by atoms with Crippen LogP contribution in [0.25, 0.3) is 0 Å². The molecule has 0 aliphatic carbocycles. The lowest BCUT2D eigenvalue weighted by atomic mass is 10.0. The van der Waals surface area contributed by atoms with Gasteiger partial charge in [0, 0.05) is 36.2 Å². The van der Waals surface area contributed by atoms with Crippen LogP contribution in [-0.4, -0.2) is 32.1 Å². The molecule has 3 amide bonds. The highest BCUT2D eigenvalue weighted by Gasteiger charge is 2.21. The molecule has 3 N–H and O–H groups in total. The van der Waals surface area contributed by atoms with Crippen molar-refractivity contribution in [1.29, 1.82) is 0 Å². The van der Waals surface area contributed by atoms with Gasteiger partial charge in [0.15, 0.2) is 0 Å². The quantitative estimate of drug-likeness (QED) is 0.405. The molecule has 3 aromatic carbocycles. The first-order valence-corrected chi connectivity index (χ1v) is 12.0. The molecule has 0 bridgehead atoms. The van der Waals surface area contributed by atoms with Crippen LogP contribution in [0.4, 0.5) is 21.9 Å². The van der Waals surface area contributed by atoms with Gasteiger partial charge < -0.3 is 25.6 Å². The summed E-state index contributed by atoms with van der Waals surface area (Å²) in [5.74, 6) is 0.485. The predicted molar refractivity (Wildman–Crippen MR) is 140 cm³/mol. The summed E-state index contributed by atoms with van der Waals surface area (Å²) < 4.78 is 5.21. The number of ether oxygens (including phenoxy) is 1. The molecule has 1 saturated heterocycles. The van der Waals surface area contributed by atoms with Gasteiger partial charge in [-0.15, -0.1) is 0 Å². The lowest BCUT2D eigenvalue weighted by Gasteiger charge is -2.31. The van der Waals surface area contributed by atoms with Gasteiger partial charge >= 0.3 is 6.03 Å². The molecular formula is C28H32N4O3. The van der Waals surface area contributed by atoms with Gasteiger partial charge in [0.2, 0.25) is 0 Å². The van der Waals surface area contributed by atoms with E-state index in [0.29, 0.717) is 22.7 Å². The van der Waals surface area contributed by atoms with E-state index in [4.69, 9.17) is 4.74 Å². The molecule has 7 nitrogen and oxygen atoms in total. The Hall–Kier alpha value is -4.00. The Labute approximate surface area is 206 Å². The van der Waals surface area contributed by atoms with E-state index < -0.39 is 6.03 Å². The van der Waals surface area contributed by atoms with E-state index in [9.17, 15) is 9.59 Å². The molecule has 1 unspecified atom stereocenters. The Morgan fingerprint density at radius 2 is 1.57 bits per heavy atom. The van der Waals surface area contributed by atoms with Crippen molar-refractivity contribution < 1.29 is 14.3 Å². The van der Waals surface area contributed by atoms with Crippen molar-refractivity contribution in [2.24, 2.45) is 0 Å². The van der Waals surface area contributed by atoms with Crippen LogP contribution in [-0.2, 0) is 0 Å². The Balaban J connectivity index is 1.54. The van der Waals surface area contributed by atoms with Gasteiger partial charge in [-0.2, -0.15) is 0 Å². The highest BCUT2D eigenvalue weighted by Crippen LogP contribution is 2.28. The molecule has 1 atom stereocenters. The maximum Gasteiger partial charge on any atom is 0.323 e. The first-order valence-electron chi connectivity index (χ1n) is 12.0. The summed E-state index contributed by atoms with van der Waals surface area (Å²) in [7, 11) is 1.58. The molecule has 0 saturated carbocycles. The van der Waals surface area contributed by atoms with Crippen LogP contribution in [0, 0.1) is 0 Å². The van der Waals surface area contributed by atoms with Gasteiger partial charge in [-0.1, -0.05) is 36.4 Å². The number of benzene rings is 3. The van der Waals surface area contributed by atoms with Crippen LogP contribution in [0.15, 0.2) is 72.8 Å². The Morgan fingerprint density at radius 1 is 0.857 bits per heavy atom. The molecule has 35 heavy (non-hydrogen) atoms. The van der Waals surface area contributed by atoms with Crippen molar-refractivity contribution in [2.75, 3.05) is 35.7 Å². The highest BCUT2D eigenvalue weighted by molar-refractivity contribution is 6.04. The minimum atomic E-state index is -0.395. The van der Waals surface area contributed by atoms with Crippen LogP contribution in [0.1, 0.15) is 48.1 Å². The van der Waals surface area contributed by atoms with Crippen molar-refractivity contribution in [2.45, 2.75) is 32.2 Å². The molecule has 1 aliphatic rings. The largest absolute Gasteiger partial charge is 0.497 e. The first kappa shape index (κ1) is 24.1. The number of carbonyl (C=O) groups is 2. The third-order valence-corrected chi connectivity index (χ3v) is 6.17. The number of piperidine rings is 1. The smallest absolute Gasteiger partial charge is 0.323 e. The average molecular weight is 473 g/mol. The molecule has 182 valence electrons. The predicted octanol–water partition coefficient (Wildman–Crippen LogP) is 5.82. The lowest BCUT2D eigenvalue weighted by Crippen LogP contribution is -2.33. The topological polar surface area (TPSA) is 82.7 Å². The van der Waals surface area contributed by atoms with E-state index in [1.807, 2.05) is 55.5 Å². The van der Waals surface area contributed by atoms with Crippen molar-refractivity contribution >= 4 is 29.0 Å². The summed E-state index contributed by atoms with van der Waals surface area (Å²) in [5.41, 5.74) is 3.63. The number of hydrogen-bond acceptors (Lipinski definition) is 4. The van der Waals surface area contributed by atoms with E-state index >= 15 is 0 Å². The van der Waals surface area contributed by atoms with E-state index in [2.05, 4.69) is 20.9 Å². The van der Waals surface area contributed by atoms with Crippen LogP contribution in [0.3, 0.4) is 0 Å². The number of amides is 3. The number of nitrogens with zero attached hydrogens (tertiary/aromatic N) is 1.